The topological polar surface area (TPSA) is 29.1 Å². The first-order valence-electron chi connectivity index (χ1n) is 7.40. The largest absolute Gasteiger partial charge is 0.345 e. The Morgan fingerprint density at radius 2 is 1.85 bits per heavy atom. The molecule has 0 aromatic heterocycles. The first-order valence-corrected chi connectivity index (χ1v) is 7.40. The number of carbonyl (C=O) groups excluding carboxylic acids is 1. The summed E-state index contributed by atoms with van der Waals surface area (Å²) in [6, 6.07) is 9.99. The lowest BCUT2D eigenvalue weighted by Crippen LogP contribution is -2.38. The Balaban J connectivity index is 2.91. The van der Waals surface area contributed by atoms with Crippen LogP contribution in [0.3, 0.4) is 0 Å². The SMILES string of the molecule is C=C(CCCC)[C@@H](NC(=O)C(C)(C)C)c1ccccc1. The molecular formula is C18H27NO. The van der Waals surface area contributed by atoms with Crippen molar-refractivity contribution in [1.82, 2.24) is 5.32 Å². The van der Waals surface area contributed by atoms with E-state index in [1.54, 1.807) is 0 Å². The Labute approximate surface area is 123 Å². The normalized spacial score (nSPS) is 12.8. The van der Waals surface area contributed by atoms with Gasteiger partial charge in [0, 0.05) is 5.41 Å². The second-order valence-corrected chi connectivity index (χ2v) is 6.33. The summed E-state index contributed by atoms with van der Waals surface area (Å²) in [4.78, 5) is 12.3. The predicted octanol–water partition coefficient (Wildman–Crippen LogP) is 4.64. The lowest BCUT2D eigenvalue weighted by molar-refractivity contribution is -0.129. The first-order chi connectivity index (χ1) is 9.36. The van der Waals surface area contributed by atoms with Crippen LogP contribution < -0.4 is 5.32 Å². The van der Waals surface area contributed by atoms with Crippen molar-refractivity contribution < 1.29 is 4.79 Å². The molecule has 1 atom stereocenters. The Morgan fingerprint density at radius 3 is 2.35 bits per heavy atom. The van der Waals surface area contributed by atoms with Crippen LogP contribution in [-0.2, 0) is 4.79 Å². The van der Waals surface area contributed by atoms with Crippen molar-refractivity contribution >= 4 is 5.91 Å². The van der Waals surface area contributed by atoms with E-state index in [0.29, 0.717) is 0 Å². The number of unbranched alkanes of at least 4 members (excludes halogenated alkanes) is 1. The second-order valence-electron chi connectivity index (χ2n) is 6.33. The van der Waals surface area contributed by atoms with E-state index in [1.165, 1.54) is 0 Å². The highest BCUT2D eigenvalue weighted by Gasteiger charge is 2.25. The molecule has 1 N–H and O–H groups in total. The van der Waals surface area contributed by atoms with Crippen molar-refractivity contribution in [3.05, 3.63) is 48.0 Å². The molecule has 0 fully saturated rings. The smallest absolute Gasteiger partial charge is 0.226 e. The van der Waals surface area contributed by atoms with Gasteiger partial charge in [-0.1, -0.05) is 76.6 Å². The van der Waals surface area contributed by atoms with E-state index in [-0.39, 0.29) is 11.9 Å². The molecule has 0 saturated carbocycles. The van der Waals surface area contributed by atoms with Crippen LogP contribution in [0, 0.1) is 5.41 Å². The number of carbonyl (C=O) groups is 1. The van der Waals surface area contributed by atoms with Gasteiger partial charge in [-0.25, -0.2) is 0 Å². The van der Waals surface area contributed by atoms with E-state index >= 15 is 0 Å². The lowest BCUT2D eigenvalue weighted by Gasteiger charge is -2.26. The highest BCUT2D eigenvalue weighted by atomic mass is 16.2. The Hall–Kier alpha value is -1.57. The van der Waals surface area contributed by atoms with E-state index in [0.717, 1.165) is 30.4 Å². The molecule has 1 aromatic rings. The maximum absolute atomic E-state index is 12.3. The summed E-state index contributed by atoms with van der Waals surface area (Å²) in [7, 11) is 0. The van der Waals surface area contributed by atoms with Crippen molar-refractivity contribution in [1.29, 1.82) is 0 Å². The number of hydrogen-bond donors (Lipinski definition) is 1. The quantitative estimate of drug-likeness (QED) is 0.752. The van der Waals surface area contributed by atoms with E-state index in [2.05, 4.69) is 18.8 Å². The van der Waals surface area contributed by atoms with E-state index in [1.807, 2.05) is 51.1 Å². The van der Waals surface area contributed by atoms with Gasteiger partial charge in [0.15, 0.2) is 0 Å². The molecule has 1 amide bonds. The third-order valence-corrected chi connectivity index (χ3v) is 3.35. The fraction of sp³-hybridized carbons (Fsp3) is 0.500. The summed E-state index contributed by atoms with van der Waals surface area (Å²) in [6.07, 6.45) is 3.18. The third-order valence-electron chi connectivity index (χ3n) is 3.35. The van der Waals surface area contributed by atoms with E-state index in [9.17, 15) is 4.79 Å². The molecule has 0 aliphatic heterocycles. The lowest BCUT2D eigenvalue weighted by atomic mass is 9.91. The van der Waals surface area contributed by atoms with Gasteiger partial charge in [0.05, 0.1) is 6.04 Å². The molecule has 0 saturated heterocycles. The number of amides is 1. The fourth-order valence-corrected chi connectivity index (χ4v) is 1.96. The summed E-state index contributed by atoms with van der Waals surface area (Å²) < 4.78 is 0. The van der Waals surface area contributed by atoms with E-state index in [4.69, 9.17) is 0 Å². The minimum atomic E-state index is -0.391. The number of hydrogen-bond acceptors (Lipinski definition) is 1. The number of nitrogens with one attached hydrogen (secondary N) is 1. The molecule has 1 rings (SSSR count). The van der Waals surface area contributed by atoms with Gasteiger partial charge in [0.1, 0.15) is 0 Å². The van der Waals surface area contributed by atoms with Crippen LogP contribution in [0.15, 0.2) is 42.5 Å². The van der Waals surface area contributed by atoms with Crippen molar-refractivity contribution in [2.45, 2.75) is 53.0 Å². The molecule has 0 spiro atoms. The molecular weight excluding hydrogens is 246 g/mol. The van der Waals surface area contributed by atoms with Gasteiger partial charge in [-0.05, 0) is 18.4 Å². The van der Waals surface area contributed by atoms with Gasteiger partial charge in [0.2, 0.25) is 5.91 Å². The van der Waals surface area contributed by atoms with Crippen LogP contribution in [0.4, 0.5) is 0 Å². The summed E-state index contributed by atoms with van der Waals surface area (Å²) in [6.45, 7) is 12.1. The van der Waals surface area contributed by atoms with Gasteiger partial charge in [-0.2, -0.15) is 0 Å². The Kier molecular flexibility index (Phi) is 6.00. The summed E-state index contributed by atoms with van der Waals surface area (Å²) in [5.74, 6) is 0.0593. The zero-order valence-electron chi connectivity index (χ0n) is 13.2. The monoisotopic (exact) mass is 273 g/mol. The third kappa shape index (κ3) is 4.84. The first kappa shape index (κ1) is 16.5. The molecule has 110 valence electrons. The molecule has 0 bridgehead atoms. The summed E-state index contributed by atoms with van der Waals surface area (Å²) in [5, 5.41) is 3.14. The highest BCUT2D eigenvalue weighted by Crippen LogP contribution is 2.26. The van der Waals surface area contributed by atoms with Crippen LogP contribution in [0.1, 0.15) is 58.6 Å². The molecule has 20 heavy (non-hydrogen) atoms. The predicted molar refractivity (Wildman–Crippen MR) is 85.4 cm³/mol. The van der Waals surface area contributed by atoms with E-state index < -0.39 is 5.41 Å². The van der Waals surface area contributed by atoms with Crippen LogP contribution in [0.5, 0.6) is 0 Å². The van der Waals surface area contributed by atoms with Crippen LogP contribution in [0.25, 0.3) is 0 Å². The van der Waals surface area contributed by atoms with Gasteiger partial charge < -0.3 is 5.32 Å². The Bertz CT molecular complexity index is 442. The van der Waals surface area contributed by atoms with Crippen molar-refractivity contribution in [2.75, 3.05) is 0 Å². The molecule has 0 aliphatic rings. The number of benzene rings is 1. The average molecular weight is 273 g/mol. The average Bonchev–Trinajstić information content (AvgIpc) is 2.41. The fourth-order valence-electron chi connectivity index (χ4n) is 1.96. The zero-order chi connectivity index (χ0) is 15.2. The van der Waals surface area contributed by atoms with Crippen molar-refractivity contribution in [2.24, 2.45) is 5.41 Å². The summed E-state index contributed by atoms with van der Waals surface area (Å²) in [5.41, 5.74) is 1.79. The van der Waals surface area contributed by atoms with Crippen LogP contribution >= 0.6 is 0 Å². The Morgan fingerprint density at radius 1 is 1.25 bits per heavy atom. The van der Waals surface area contributed by atoms with Crippen molar-refractivity contribution in [3.63, 3.8) is 0 Å². The van der Waals surface area contributed by atoms with Gasteiger partial charge in [-0.3, -0.25) is 4.79 Å². The minimum absolute atomic E-state index is 0.0593. The summed E-state index contributed by atoms with van der Waals surface area (Å²) >= 11 is 0. The molecule has 2 nitrogen and oxygen atoms in total. The number of rotatable bonds is 6. The molecule has 0 heterocycles. The molecule has 2 heteroatoms. The maximum atomic E-state index is 12.3. The van der Waals surface area contributed by atoms with Crippen molar-refractivity contribution in [3.8, 4) is 0 Å². The minimum Gasteiger partial charge on any atom is -0.345 e. The van der Waals surface area contributed by atoms with Gasteiger partial charge in [0.25, 0.3) is 0 Å². The van der Waals surface area contributed by atoms with Crippen LogP contribution in [0.2, 0.25) is 0 Å². The van der Waals surface area contributed by atoms with Gasteiger partial charge in [-0.15, -0.1) is 0 Å². The highest BCUT2D eigenvalue weighted by molar-refractivity contribution is 5.82. The second kappa shape index (κ2) is 7.28. The molecule has 0 unspecified atom stereocenters. The molecule has 0 radical (unpaired) electrons. The van der Waals surface area contributed by atoms with Gasteiger partial charge >= 0.3 is 0 Å². The molecule has 1 aromatic carbocycles. The standard InChI is InChI=1S/C18H27NO/c1-6-7-11-14(2)16(15-12-9-8-10-13-15)19-17(20)18(3,4)5/h8-10,12-13,16H,2,6-7,11H2,1,3-5H3,(H,19,20)/t16-/m1/s1. The van der Waals surface area contributed by atoms with Crippen LogP contribution in [-0.4, -0.2) is 5.91 Å². The zero-order valence-corrected chi connectivity index (χ0v) is 13.2. The molecule has 0 aliphatic carbocycles. The maximum Gasteiger partial charge on any atom is 0.226 e.